The first-order valence-corrected chi connectivity index (χ1v) is 6.81. The van der Waals surface area contributed by atoms with E-state index < -0.39 is 28.7 Å². The van der Waals surface area contributed by atoms with Crippen molar-refractivity contribution < 1.29 is 17.6 Å². The van der Waals surface area contributed by atoms with Crippen molar-refractivity contribution in [2.24, 2.45) is 0 Å². The van der Waals surface area contributed by atoms with Crippen LogP contribution in [0.25, 0.3) is 10.8 Å². The summed E-state index contributed by atoms with van der Waals surface area (Å²) in [6.07, 6.45) is 0. The molecule has 0 aromatic heterocycles. The Bertz CT molecular complexity index is 961. The van der Waals surface area contributed by atoms with Crippen LogP contribution in [0.2, 0.25) is 0 Å². The molecule has 3 aromatic rings. The molecule has 0 heterocycles. The van der Waals surface area contributed by atoms with Gasteiger partial charge in [-0.25, -0.2) is 17.6 Å². The highest BCUT2D eigenvalue weighted by atomic mass is 19.2. The Morgan fingerprint density at radius 3 is 2.04 bits per heavy atom. The Labute approximate surface area is 130 Å². The number of aryl methyl sites for hydroxylation is 1. The van der Waals surface area contributed by atoms with Crippen LogP contribution in [0.3, 0.4) is 0 Å². The number of fused-ring (bicyclic) bond motifs is 1. The minimum atomic E-state index is -1.69. The minimum Gasteiger partial charge on any atom is -0.206 e. The van der Waals surface area contributed by atoms with Crippen LogP contribution in [0.1, 0.15) is 16.7 Å². The van der Waals surface area contributed by atoms with Crippen LogP contribution in [-0.4, -0.2) is 0 Å². The maximum absolute atomic E-state index is 14.0. The van der Waals surface area contributed by atoms with Gasteiger partial charge >= 0.3 is 0 Å². The molecule has 0 spiro atoms. The molecule has 0 aliphatic heterocycles. The second-order valence-electron chi connectivity index (χ2n) is 5.16. The van der Waals surface area contributed by atoms with Crippen molar-refractivity contribution in [2.75, 3.05) is 0 Å². The summed E-state index contributed by atoms with van der Waals surface area (Å²) in [6, 6.07) is 10.5. The fourth-order valence-electron chi connectivity index (χ4n) is 2.24. The highest BCUT2D eigenvalue weighted by Crippen LogP contribution is 2.26. The van der Waals surface area contributed by atoms with Crippen LogP contribution in [0.15, 0.2) is 42.5 Å². The Hall–Kier alpha value is -2.80. The highest BCUT2D eigenvalue weighted by molar-refractivity contribution is 5.85. The molecule has 4 heteroatoms. The first-order chi connectivity index (χ1) is 11.0. The number of hydrogen-bond donors (Lipinski definition) is 0. The third-order valence-electron chi connectivity index (χ3n) is 3.43. The summed E-state index contributed by atoms with van der Waals surface area (Å²) in [5.41, 5.74) is 2.06. The van der Waals surface area contributed by atoms with Crippen molar-refractivity contribution in [3.63, 3.8) is 0 Å². The summed E-state index contributed by atoms with van der Waals surface area (Å²) in [4.78, 5) is 0. The number of rotatable bonds is 0. The lowest BCUT2D eigenvalue weighted by atomic mass is 10.0. The van der Waals surface area contributed by atoms with Crippen LogP contribution in [-0.2, 0) is 0 Å². The molecule has 0 amide bonds. The number of benzene rings is 3. The maximum atomic E-state index is 14.0. The van der Waals surface area contributed by atoms with Gasteiger partial charge in [-0.05, 0) is 42.6 Å². The Morgan fingerprint density at radius 1 is 0.696 bits per heavy atom. The molecule has 3 rings (SSSR count). The third-order valence-corrected chi connectivity index (χ3v) is 3.43. The maximum Gasteiger partial charge on any atom is 0.195 e. The van der Waals surface area contributed by atoms with Gasteiger partial charge in [-0.2, -0.15) is 0 Å². The molecular formula is C19H10F4. The van der Waals surface area contributed by atoms with Gasteiger partial charge in [0.25, 0.3) is 0 Å². The van der Waals surface area contributed by atoms with Crippen molar-refractivity contribution in [3.8, 4) is 11.8 Å². The molecule has 0 atom stereocenters. The average Bonchev–Trinajstić information content (AvgIpc) is 2.51. The van der Waals surface area contributed by atoms with Gasteiger partial charge in [0, 0.05) is 11.1 Å². The molecule has 0 unspecified atom stereocenters. The molecule has 3 aromatic carbocycles. The molecular weight excluding hydrogens is 304 g/mol. The van der Waals surface area contributed by atoms with Crippen molar-refractivity contribution >= 4 is 10.8 Å². The van der Waals surface area contributed by atoms with E-state index in [0.717, 1.165) is 23.3 Å². The lowest BCUT2D eigenvalue weighted by Crippen LogP contribution is -1.95. The van der Waals surface area contributed by atoms with Gasteiger partial charge in [0.15, 0.2) is 17.5 Å². The molecule has 0 aliphatic rings. The van der Waals surface area contributed by atoms with Gasteiger partial charge in [0.2, 0.25) is 0 Å². The second-order valence-corrected chi connectivity index (χ2v) is 5.16. The first-order valence-electron chi connectivity index (χ1n) is 6.81. The van der Waals surface area contributed by atoms with Crippen LogP contribution < -0.4 is 0 Å². The largest absolute Gasteiger partial charge is 0.206 e. The van der Waals surface area contributed by atoms with Gasteiger partial charge in [-0.1, -0.05) is 29.5 Å². The van der Waals surface area contributed by atoms with Gasteiger partial charge in [0.05, 0.1) is 5.39 Å². The lowest BCUT2D eigenvalue weighted by Gasteiger charge is -2.04. The SMILES string of the molecule is Cc1ccc(C#Cc2cc(F)c3c(F)c(F)c(F)cc3c2)cc1. The molecule has 0 bridgehead atoms. The van der Waals surface area contributed by atoms with Crippen molar-refractivity contribution in [2.45, 2.75) is 6.92 Å². The van der Waals surface area contributed by atoms with Gasteiger partial charge in [-0.3, -0.25) is 0 Å². The highest BCUT2D eigenvalue weighted by Gasteiger charge is 2.17. The summed E-state index contributed by atoms with van der Waals surface area (Å²) >= 11 is 0. The molecule has 0 nitrogen and oxygen atoms in total. The zero-order chi connectivity index (χ0) is 16.6. The van der Waals surface area contributed by atoms with E-state index in [1.807, 2.05) is 31.2 Å². The second kappa shape index (κ2) is 5.77. The zero-order valence-electron chi connectivity index (χ0n) is 12.1. The summed E-state index contributed by atoms with van der Waals surface area (Å²) in [5, 5.41) is -0.653. The van der Waals surface area contributed by atoms with Gasteiger partial charge in [-0.15, -0.1) is 0 Å². The van der Waals surface area contributed by atoms with Crippen LogP contribution in [0.4, 0.5) is 17.6 Å². The molecule has 0 N–H and O–H groups in total. The zero-order valence-corrected chi connectivity index (χ0v) is 12.1. The van der Waals surface area contributed by atoms with Crippen LogP contribution in [0, 0.1) is 42.0 Å². The Balaban J connectivity index is 2.10. The Kier molecular flexibility index (Phi) is 3.79. The van der Waals surface area contributed by atoms with E-state index in [1.165, 1.54) is 6.07 Å². The standard InChI is InChI=1S/C19H10F4/c1-11-2-4-12(5-3-11)6-7-13-8-14-10-16(21)18(22)19(23)17(14)15(20)9-13/h2-5,8-10H,1H3. The van der Waals surface area contributed by atoms with Gasteiger partial charge < -0.3 is 0 Å². The topological polar surface area (TPSA) is 0 Å². The van der Waals surface area contributed by atoms with E-state index in [0.29, 0.717) is 0 Å². The number of hydrogen-bond acceptors (Lipinski definition) is 0. The summed E-state index contributed by atoms with van der Waals surface area (Å²) in [5.74, 6) is 0.0211. The van der Waals surface area contributed by atoms with E-state index in [-0.39, 0.29) is 10.9 Å². The Morgan fingerprint density at radius 2 is 1.35 bits per heavy atom. The van der Waals surface area contributed by atoms with E-state index in [2.05, 4.69) is 11.8 Å². The van der Waals surface area contributed by atoms with Crippen molar-refractivity contribution in [1.82, 2.24) is 0 Å². The van der Waals surface area contributed by atoms with Crippen molar-refractivity contribution in [1.29, 1.82) is 0 Å². The van der Waals surface area contributed by atoms with Crippen LogP contribution >= 0.6 is 0 Å². The lowest BCUT2D eigenvalue weighted by molar-refractivity contribution is 0.451. The quantitative estimate of drug-likeness (QED) is 0.307. The summed E-state index contributed by atoms with van der Waals surface area (Å²) in [7, 11) is 0. The predicted molar refractivity (Wildman–Crippen MR) is 80.9 cm³/mol. The number of halogens is 4. The first kappa shape index (κ1) is 15.1. The summed E-state index contributed by atoms with van der Waals surface area (Å²) < 4.78 is 54.1. The smallest absolute Gasteiger partial charge is 0.195 e. The monoisotopic (exact) mass is 314 g/mol. The summed E-state index contributed by atoms with van der Waals surface area (Å²) in [6.45, 7) is 1.94. The molecule has 0 fully saturated rings. The van der Waals surface area contributed by atoms with Gasteiger partial charge in [0.1, 0.15) is 5.82 Å². The van der Waals surface area contributed by atoms with E-state index in [1.54, 1.807) is 0 Å². The normalized spacial score (nSPS) is 10.5. The molecule has 0 aliphatic carbocycles. The van der Waals surface area contributed by atoms with Crippen molar-refractivity contribution in [3.05, 3.63) is 82.4 Å². The van der Waals surface area contributed by atoms with Crippen LogP contribution in [0.5, 0.6) is 0 Å². The third kappa shape index (κ3) is 2.91. The predicted octanol–water partition coefficient (Wildman–Crippen LogP) is 5.10. The molecule has 23 heavy (non-hydrogen) atoms. The fraction of sp³-hybridized carbons (Fsp3) is 0.0526. The van der Waals surface area contributed by atoms with E-state index in [4.69, 9.17) is 0 Å². The average molecular weight is 314 g/mol. The molecule has 114 valence electrons. The minimum absolute atomic E-state index is 0.0744. The fourth-order valence-corrected chi connectivity index (χ4v) is 2.24. The molecule has 0 saturated heterocycles. The molecule has 0 saturated carbocycles. The van der Waals surface area contributed by atoms with E-state index in [9.17, 15) is 17.6 Å². The molecule has 0 radical (unpaired) electrons. The van der Waals surface area contributed by atoms with E-state index >= 15 is 0 Å².